The summed E-state index contributed by atoms with van der Waals surface area (Å²) in [5, 5.41) is 6.33. The number of nitrogens with two attached hydrogens (primary N) is 1. The van der Waals surface area contributed by atoms with Crippen LogP contribution in [0.3, 0.4) is 0 Å². The van der Waals surface area contributed by atoms with Crippen LogP contribution in [0.25, 0.3) is 0 Å². The molecule has 2 aromatic rings. The van der Waals surface area contributed by atoms with Gasteiger partial charge >= 0.3 is 0 Å². The Morgan fingerprint density at radius 3 is 2.85 bits per heavy atom. The van der Waals surface area contributed by atoms with Crippen molar-refractivity contribution in [3.05, 3.63) is 41.6 Å². The van der Waals surface area contributed by atoms with Crippen LogP contribution in [0.4, 0.5) is 5.69 Å². The summed E-state index contributed by atoms with van der Waals surface area (Å²) < 4.78 is 26.4. The third-order valence-electron chi connectivity index (χ3n) is 3.53. The molecule has 0 spiro atoms. The molecule has 1 atom stereocenters. The summed E-state index contributed by atoms with van der Waals surface area (Å²) in [6, 6.07) is 7.10. The number of hydrogen-bond donors (Lipinski definition) is 2. The van der Waals surface area contributed by atoms with Gasteiger partial charge < -0.3 is 5.73 Å². The number of nitrogens with one attached hydrogen (secondary N) is 1. The highest BCUT2D eigenvalue weighted by atomic mass is 32.2. The van der Waals surface area contributed by atoms with Crippen LogP contribution < -0.4 is 10.0 Å². The Morgan fingerprint density at radius 2 is 2.20 bits per heavy atom. The van der Waals surface area contributed by atoms with Crippen molar-refractivity contribution in [1.82, 2.24) is 10.2 Å². The normalized spacial score (nSPS) is 16.2. The molecule has 6 nitrogen and oxygen atoms in total. The molecule has 0 aliphatic carbocycles. The van der Waals surface area contributed by atoms with E-state index in [0.29, 0.717) is 13.0 Å². The van der Waals surface area contributed by atoms with Crippen molar-refractivity contribution >= 4 is 15.7 Å². The van der Waals surface area contributed by atoms with Crippen LogP contribution in [0, 0.1) is 0 Å². The van der Waals surface area contributed by atoms with Gasteiger partial charge in [0.25, 0.3) is 10.0 Å². The van der Waals surface area contributed by atoms with E-state index in [1.54, 1.807) is 0 Å². The molecule has 3 rings (SSSR count). The highest BCUT2D eigenvalue weighted by Gasteiger charge is 2.31. The predicted octanol–water partition coefficient (Wildman–Crippen LogP) is 1.18. The van der Waals surface area contributed by atoms with E-state index < -0.39 is 10.0 Å². The SMILES string of the molecule is CC(N)c1ccc2c(c1)CCN2S(=O)(=O)c1ccn[nH]1. The zero-order valence-electron chi connectivity index (χ0n) is 11.1. The molecule has 1 aliphatic rings. The van der Waals surface area contributed by atoms with Crippen LogP contribution in [-0.2, 0) is 16.4 Å². The van der Waals surface area contributed by atoms with Crippen molar-refractivity contribution in [3.8, 4) is 0 Å². The first kappa shape index (κ1) is 13.1. The molecule has 0 amide bonds. The van der Waals surface area contributed by atoms with Crippen molar-refractivity contribution < 1.29 is 8.42 Å². The molecule has 0 saturated heterocycles. The molecule has 0 saturated carbocycles. The molecule has 106 valence electrons. The average Bonchev–Trinajstić information content (AvgIpc) is 3.07. The number of aromatic nitrogens is 2. The lowest BCUT2D eigenvalue weighted by Crippen LogP contribution is -2.29. The van der Waals surface area contributed by atoms with Gasteiger partial charge in [-0.2, -0.15) is 13.5 Å². The van der Waals surface area contributed by atoms with Crippen molar-refractivity contribution in [1.29, 1.82) is 0 Å². The van der Waals surface area contributed by atoms with Gasteiger partial charge in [0.05, 0.1) is 11.9 Å². The molecule has 3 N–H and O–H groups in total. The largest absolute Gasteiger partial charge is 0.324 e. The second kappa shape index (κ2) is 4.60. The van der Waals surface area contributed by atoms with Gasteiger partial charge in [-0.15, -0.1) is 0 Å². The number of rotatable bonds is 3. The highest BCUT2D eigenvalue weighted by molar-refractivity contribution is 7.92. The molecule has 0 radical (unpaired) electrons. The summed E-state index contributed by atoms with van der Waals surface area (Å²) in [6.07, 6.45) is 2.13. The van der Waals surface area contributed by atoms with Crippen LogP contribution in [0.5, 0.6) is 0 Å². The summed E-state index contributed by atoms with van der Waals surface area (Å²) in [5.41, 5.74) is 8.62. The Bertz CT molecular complexity index is 723. The molecule has 0 bridgehead atoms. The quantitative estimate of drug-likeness (QED) is 0.888. The van der Waals surface area contributed by atoms with E-state index in [9.17, 15) is 8.42 Å². The lowest BCUT2D eigenvalue weighted by Gasteiger charge is -2.18. The molecule has 1 aromatic carbocycles. The van der Waals surface area contributed by atoms with Gasteiger partial charge in [0, 0.05) is 12.6 Å². The van der Waals surface area contributed by atoms with E-state index in [4.69, 9.17) is 5.73 Å². The topological polar surface area (TPSA) is 92.1 Å². The maximum absolute atomic E-state index is 12.5. The molecule has 1 aromatic heterocycles. The number of hydrogen-bond acceptors (Lipinski definition) is 4. The molecule has 7 heteroatoms. The molecule has 1 aliphatic heterocycles. The Kier molecular flexibility index (Phi) is 3.02. The zero-order valence-corrected chi connectivity index (χ0v) is 11.9. The molecule has 20 heavy (non-hydrogen) atoms. The summed E-state index contributed by atoms with van der Waals surface area (Å²) in [6.45, 7) is 2.36. The van der Waals surface area contributed by atoms with E-state index in [0.717, 1.165) is 16.8 Å². The summed E-state index contributed by atoms with van der Waals surface area (Å²) in [7, 11) is -3.56. The molecule has 1 unspecified atom stereocenters. The maximum atomic E-state index is 12.5. The number of sulfonamides is 1. The second-order valence-electron chi connectivity index (χ2n) is 4.92. The van der Waals surface area contributed by atoms with Gasteiger partial charge in [-0.3, -0.25) is 9.40 Å². The number of nitrogens with zero attached hydrogens (tertiary/aromatic N) is 2. The number of H-pyrrole nitrogens is 1. The van der Waals surface area contributed by atoms with E-state index in [1.807, 2.05) is 25.1 Å². The first-order chi connectivity index (χ1) is 9.50. The van der Waals surface area contributed by atoms with Crippen LogP contribution in [0.2, 0.25) is 0 Å². The van der Waals surface area contributed by atoms with Gasteiger partial charge in [0.2, 0.25) is 0 Å². The Morgan fingerprint density at radius 1 is 1.40 bits per heavy atom. The Balaban J connectivity index is 2.02. The van der Waals surface area contributed by atoms with Crippen molar-refractivity contribution in [2.24, 2.45) is 5.73 Å². The second-order valence-corrected chi connectivity index (χ2v) is 6.76. The summed E-state index contributed by atoms with van der Waals surface area (Å²) in [4.78, 5) is 0. The van der Waals surface area contributed by atoms with Gasteiger partial charge in [0.1, 0.15) is 0 Å². The van der Waals surface area contributed by atoms with Gasteiger partial charge in [-0.25, -0.2) is 0 Å². The average molecular weight is 292 g/mol. The minimum atomic E-state index is -3.56. The fraction of sp³-hybridized carbons (Fsp3) is 0.308. The third-order valence-corrected chi connectivity index (χ3v) is 5.27. The van der Waals surface area contributed by atoms with Gasteiger partial charge in [-0.1, -0.05) is 12.1 Å². The first-order valence-electron chi connectivity index (χ1n) is 6.40. The van der Waals surface area contributed by atoms with Crippen LogP contribution in [-0.4, -0.2) is 25.2 Å². The minimum absolute atomic E-state index is 0.0569. The van der Waals surface area contributed by atoms with E-state index >= 15 is 0 Å². The monoisotopic (exact) mass is 292 g/mol. The maximum Gasteiger partial charge on any atom is 0.281 e. The molecular formula is C13H16N4O2S. The molecular weight excluding hydrogens is 276 g/mol. The third kappa shape index (κ3) is 1.99. The highest BCUT2D eigenvalue weighted by Crippen LogP contribution is 2.33. The number of fused-ring (bicyclic) bond motifs is 1. The summed E-state index contributed by atoms with van der Waals surface area (Å²) >= 11 is 0. The number of aromatic amines is 1. The minimum Gasteiger partial charge on any atom is -0.324 e. The van der Waals surface area contributed by atoms with Crippen molar-refractivity contribution in [2.45, 2.75) is 24.4 Å². The van der Waals surface area contributed by atoms with Crippen LogP contribution >= 0.6 is 0 Å². The van der Waals surface area contributed by atoms with Crippen molar-refractivity contribution in [3.63, 3.8) is 0 Å². The fourth-order valence-electron chi connectivity index (χ4n) is 2.43. The van der Waals surface area contributed by atoms with Crippen LogP contribution in [0.15, 0.2) is 35.5 Å². The van der Waals surface area contributed by atoms with Crippen LogP contribution in [0.1, 0.15) is 24.1 Å². The first-order valence-corrected chi connectivity index (χ1v) is 7.84. The summed E-state index contributed by atoms with van der Waals surface area (Å²) in [5.74, 6) is 0. The van der Waals surface area contributed by atoms with Crippen molar-refractivity contribution in [2.75, 3.05) is 10.8 Å². The zero-order chi connectivity index (χ0) is 14.3. The van der Waals surface area contributed by atoms with E-state index in [1.165, 1.54) is 16.6 Å². The van der Waals surface area contributed by atoms with E-state index in [-0.39, 0.29) is 11.1 Å². The smallest absolute Gasteiger partial charge is 0.281 e. The molecule has 0 fully saturated rings. The Hall–Kier alpha value is -1.86. The van der Waals surface area contributed by atoms with Gasteiger partial charge in [0.15, 0.2) is 5.03 Å². The lowest BCUT2D eigenvalue weighted by atomic mass is 10.0. The Labute approximate surface area is 117 Å². The lowest BCUT2D eigenvalue weighted by molar-refractivity contribution is 0.588. The number of anilines is 1. The van der Waals surface area contributed by atoms with Gasteiger partial charge in [-0.05, 0) is 36.6 Å². The fourth-order valence-corrected chi connectivity index (χ4v) is 3.84. The molecule has 2 heterocycles. The standard InChI is InChI=1S/C13H16N4O2S/c1-9(14)10-2-3-12-11(8-10)5-7-17(12)20(18,19)13-4-6-15-16-13/h2-4,6,8-9H,5,7,14H2,1H3,(H,15,16). The predicted molar refractivity (Wildman–Crippen MR) is 75.9 cm³/mol. The number of benzene rings is 1. The van der Waals surface area contributed by atoms with E-state index in [2.05, 4.69) is 10.2 Å².